The molecular weight excluding hydrogens is 329 g/mol. The summed E-state index contributed by atoms with van der Waals surface area (Å²) in [4.78, 5) is 20.1. The first-order chi connectivity index (χ1) is 11.2. The standard InChI is InChI=1S/C15H9F3N2O4/c16-15(17,18)12-5-1-10(2-6-12)14(9-19(21)22)11-3-7-13(8-4-11)20(23)24/h1-9H. The number of hydrogen-bond acceptors (Lipinski definition) is 4. The molecule has 2 aromatic carbocycles. The van der Waals surface area contributed by atoms with Crippen LogP contribution < -0.4 is 0 Å². The van der Waals surface area contributed by atoms with E-state index < -0.39 is 21.6 Å². The molecule has 0 aromatic heterocycles. The van der Waals surface area contributed by atoms with Gasteiger partial charge in [-0.3, -0.25) is 20.2 Å². The summed E-state index contributed by atoms with van der Waals surface area (Å²) < 4.78 is 37.8. The molecule has 0 aliphatic carbocycles. The van der Waals surface area contributed by atoms with Gasteiger partial charge < -0.3 is 0 Å². The molecule has 0 spiro atoms. The average Bonchev–Trinajstić information content (AvgIpc) is 2.52. The molecule has 24 heavy (non-hydrogen) atoms. The van der Waals surface area contributed by atoms with E-state index in [-0.39, 0.29) is 22.4 Å². The number of non-ortho nitro benzene ring substituents is 1. The van der Waals surface area contributed by atoms with Crippen LogP contribution in [0.15, 0.2) is 54.7 Å². The minimum atomic E-state index is -4.52. The van der Waals surface area contributed by atoms with Crippen LogP contribution in [0.5, 0.6) is 0 Å². The smallest absolute Gasteiger partial charge is 0.259 e. The van der Waals surface area contributed by atoms with Crippen molar-refractivity contribution in [2.45, 2.75) is 6.18 Å². The van der Waals surface area contributed by atoms with Crippen molar-refractivity contribution < 1.29 is 23.0 Å². The fourth-order valence-electron chi connectivity index (χ4n) is 2.02. The Labute approximate surface area is 133 Å². The van der Waals surface area contributed by atoms with E-state index in [0.29, 0.717) is 6.20 Å². The predicted molar refractivity (Wildman–Crippen MR) is 78.6 cm³/mol. The van der Waals surface area contributed by atoms with E-state index in [0.717, 1.165) is 36.4 Å². The molecule has 0 aliphatic heterocycles. The zero-order valence-corrected chi connectivity index (χ0v) is 11.9. The van der Waals surface area contributed by atoms with Crippen LogP contribution in [0, 0.1) is 20.2 Å². The van der Waals surface area contributed by atoms with Crippen molar-refractivity contribution in [2.24, 2.45) is 0 Å². The predicted octanol–water partition coefficient (Wildman–Crippen LogP) is 4.28. The third kappa shape index (κ3) is 3.94. The molecular formula is C15H9F3N2O4. The maximum Gasteiger partial charge on any atom is 0.416 e. The Bertz CT molecular complexity index is 797. The van der Waals surface area contributed by atoms with Gasteiger partial charge in [0.1, 0.15) is 0 Å². The Morgan fingerprint density at radius 3 is 1.71 bits per heavy atom. The minimum absolute atomic E-state index is 0.0450. The second-order valence-electron chi connectivity index (χ2n) is 4.71. The number of halogens is 3. The maximum atomic E-state index is 12.6. The van der Waals surface area contributed by atoms with E-state index in [9.17, 15) is 33.4 Å². The van der Waals surface area contributed by atoms with Gasteiger partial charge in [0.25, 0.3) is 5.69 Å². The van der Waals surface area contributed by atoms with E-state index in [2.05, 4.69) is 0 Å². The van der Waals surface area contributed by atoms with Crippen LogP contribution >= 0.6 is 0 Å². The van der Waals surface area contributed by atoms with Gasteiger partial charge in [0.05, 0.1) is 21.0 Å². The molecule has 2 rings (SSSR count). The van der Waals surface area contributed by atoms with Gasteiger partial charge in [0.2, 0.25) is 6.20 Å². The summed E-state index contributed by atoms with van der Waals surface area (Å²) in [5, 5.41) is 21.4. The highest BCUT2D eigenvalue weighted by Crippen LogP contribution is 2.31. The highest BCUT2D eigenvalue weighted by atomic mass is 19.4. The van der Waals surface area contributed by atoms with E-state index in [4.69, 9.17) is 0 Å². The lowest BCUT2D eigenvalue weighted by atomic mass is 9.97. The Balaban J connectivity index is 2.46. The molecule has 0 amide bonds. The lowest BCUT2D eigenvalue weighted by molar-refractivity contribution is -0.401. The SMILES string of the molecule is O=[N+]([O-])C=C(c1ccc([N+](=O)[O-])cc1)c1ccc(C(F)(F)F)cc1. The van der Waals surface area contributed by atoms with Crippen LogP contribution in [0.1, 0.15) is 16.7 Å². The summed E-state index contributed by atoms with van der Waals surface area (Å²) in [6.07, 6.45) is -3.87. The molecule has 0 N–H and O–H groups in total. The van der Waals surface area contributed by atoms with Crippen molar-refractivity contribution in [2.75, 3.05) is 0 Å². The Morgan fingerprint density at radius 1 is 0.875 bits per heavy atom. The van der Waals surface area contributed by atoms with Gasteiger partial charge >= 0.3 is 6.18 Å². The highest BCUT2D eigenvalue weighted by Gasteiger charge is 2.30. The van der Waals surface area contributed by atoms with Crippen LogP contribution in [0.25, 0.3) is 5.57 Å². The van der Waals surface area contributed by atoms with E-state index in [1.165, 1.54) is 12.1 Å². The number of benzene rings is 2. The monoisotopic (exact) mass is 338 g/mol. The number of hydrogen-bond donors (Lipinski definition) is 0. The molecule has 0 fully saturated rings. The van der Waals surface area contributed by atoms with E-state index >= 15 is 0 Å². The van der Waals surface area contributed by atoms with Crippen LogP contribution in [0.4, 0.5) is 18.9 Å². The molecule has 124 valence electrons. The molecule has 0 heterocycles. The lowest BCUT2D eigenvalue weighted by Crippen LogP contribution is -2.04. The third-order valence-electron chi connectivity index (χ3n) is 3.15. The largest absolute Gasteiger partial charge is 0.416 e. The van der Waals surface area contributed by atoms with Crippen LogP contribution in [0.2, 0.25) is 0 Å². The average molecular weight is 338 g/mol. The first-order valence-corrected chi connectivity index (χ1v) is 6.46. The fourth-order valence-corrected chi connectivity index (χ4v) is 2.02. The third-order valence-corrected chi connectivity index (χ3v) is 3.15. The molecule has 0 saturated heterocycles. The lowest BCUT2D eigenvalue weighted by Gasteiger charge is -2.09. The second-order valence-corrected chi connectivity index (χ2v) is 4.71. The van der Waals surface area contributed by atoms with Gasteiger partial charge in [-0.1, -0.05) is 12.1 Å². The molecule has 0 aliphatic rings. The molecule has 0 bridgehead atoms. The van der Waals surface area contributed by atoms with Gasteiger partial charge in [-0.2, -0.15) is 13.2 Å². The number of rotatable bonds is 4. The van der Waals surface area contributed by atoms with Crippen molar-refractivity contribution in [3.63, 3.8) is 0 Å². The minimum Gasteiger partial charge on any atom is -0.259 e. The summed E-state index contributed by atoms with van der Waals surface area (Å²) >= 11 is 0. The van der Waals surface area contributed by atoms with Crippen molar-refractivity contribution in [1.29, 1.82) is 0 Å². The zero-order valence-electron chi connectivity index (χ0n) is 11.9. The zero-order chi connectivity index (χ0) is 17.9. The molecule has 0 atom stereocenters. The molecule has 0 unspecified atom stereocenters. The summed E-state index contributed by atoms with van der Waals surface area (Å²) in [5.41, 5.74) is -0.573. The summed E-state index contributed by atoms with van der Waals surface area (Å²) in [5.74, 6) is 0. The normalized spacial score (nSPS) is 12.0. The maximum absolute atomic E-state index is 12.6. The topological polar surface area (TPSA) is 86.3 Å². The first-order valence-electron chi connectivity index (χ1n) is 6.46. The summed E-state index contributed by atoms with van der Waals surface area (Å²) in [6, 6.07) is 8.76. The molecule has 0 saturated carbocycles. The molecule has 6 nitrogen and oxygen atoms in total. The van der Waals surface area contributed by atoms with Crippen molar-refractivity contribution in [3.8, 4) is 0 Å². The molecule has 2 aromatic rings. The van der Waals surface area contributed by atoms with Crippen LogP contribution in [-0.4, -0.2) is 9.85 Å². The first kappa shape index (κ1) is 17.1. The highest BCUT2D eigenvalue weighted by molar-refractivity contribution is 5.79. The van der Waals surface area contributed by atoms with Gasteiger partial charge in [0, 0.05) is 12.1 Å². The van der Waals surface area contributed by atoms with Gasteiger partial charge in [-0.15, -0.1) is 0 Å². The van der Waals surface area contributed by atoms with Crippen molar-refractivity contribution in [1.82, 2.24) is 0 Å². The van der Waals surface area contributed by atoms with Crippen LogP contribution in [0.3, 0.4) is 0 Å². The van der Waals surface area contributed by atoms with Crippen LogP contribution in [-0.2, 0) is 6.18 Å². The van der Waals surface area contributed by atoms with E-state index in [1.54, 1.807) is 0 Å². The second kappa shape index (κ2) is 6.49. The summed E-state index contributed by atoms with van der Waals surface area (Å²) in [6.45, 7) is 0. The van der Waals surface area contributed by atoms with E-state index in [1.807, 2.05) is 0 Å². The Kier molecular flexibility index (Phi) is 4.63. The number of nitro benzene ring substituents is 1. The number of nitro groups is 2. The molecule has 0 radical (unpaired) electrons. The summed E-state index contributed by atoms with van der Waals surface area (Å²) in [7, 11) is 0. The van der Waals surface area contributed by atoms with Gasteiger partial charge in [-0.05, 0) is 35.4 Å². The fraction of sp³-hybridized carbons (Fsp3) is 0.0667. The number of alkyl halides is 3. The number of nitrogens with zero attached hydrogens (tertiary/aromatic N) is 2. The van der Waals surface area contributed by atoms with Crippen molar-refractivity contribution >= 4 is 11.3 Å². The Hall–Kier alpha value is -3.23. The van der Waals surface area contributed by atoms with Gasteiger partial charge in [-0.25, -0.2) is 0 Å². The van der Waals surface area contributed by atoms with Crippen molar-refractivity contribution in [3.05, 3.63) is 91.6 Å². The Morgan fingerprint density at radius 2 is 1.33 bits per heavy atom. The molecule has 9 heteroatoms. The quantitative estimate of drug-likeness (QED) is 0.615. The van der Waals surface area contributed by atoms with Gasteiger partial charge in [0.15, 0.2) is 0 Å².